The molecule has 4 unspecified atom stereocenters. The van der Waals surface area contributed by atoms with Gasteiger partial charge < -0.3 is 14.2 Å². The summed E-state index contributed by atoms with van der Waals surface area (Å²) in [4.78, 5) is 37.4. The van der Waals surface area contributed by atoms with Crippen LogP contribution in [0.2, 0.25) is 0 Å². The fourth-order valence-corrected chi connectivity index (χ4v) is 8.59. The van der Waals surface area contributed by atoms with E-state index in [0.717, 1.165) is 37.7 Å². The molecule has 2 heterocycles. The van der Waals surface area contributed by atoms with Gasteiger partial charge in [-0.05, 0) is 38.0 Å². The van der Waals surface area contributed by atoms with Crippen molar-refractivity contribution in [3.63, 3.8) is 0 Å². The SMILES string of the molecule is COC(=O)[C@@H]1C=C2CC(=O)CC[C@]2(C)[C@@]23OC2C[C@@]2(C)C(CCC24CCC(=O)O4)C13. The molecule has 0 bridgehead atoms. The van der Waals surface area contributed by atoms with E-state index < -0.39 is 17.1 Å². The average molecular weight is 414 g/mol. The lowest BCUT2D eigenvalue weighted by Crippen LogP contribution is -2.62. The maximum atomic E-state index is 13.0. The second-order valence-electron chi connectivity index (χ2n) is 10.9. The molecule has 0 radical (unpaired) electrons. The van der Waals surface area contributed by atoms with Crippen molar-refractivity contribution in [2.24, 2.45) is 28.6 Å². The van der Waals surface area contributed by atoms with Gasteiger partial charge in [0.1, 0.15) is 17.0 Å². The Kier molecular flexibility index (Phi) is 3.53. The van der Waals surface area contributed by atoms with E-state index in [1.54, 1.807) is 0 Å². The first kappa shape index (κ1) is 19.0. The molecule has 30 heavy (non-hydrogen) atoms. The van der Waals surface area contributed by atoms with E-state index >= 15 is 0 Å². The molecule has 2 aliphatic heterocycles. The maximum Gasteiger partial charge on any atom is 0.312 e. The Morgan fingerprint density at radius 3 is 2.67 bits per heavy atom. The number of epoxide rings is 1. The minimum atomic E-state index is -0.430. The fourth-order valence-electron chi connectivity index (χ4n) is 8.59. The monoisotopic (exact) mass is 414 g/mol. The van der Waals surface area contributed by atoms with Crippen molar-refractivity contribution in [1.29, 1.82) is 0 Å². The third-order valence-corrected chi connectivity index (χ3v) is 10.2. The van der Waals surface area contributed by atoms with E-state index in [1.807, 2.05) is 0 Å². The molecule has 6 aliphatic rings. The van der Waals surface area contributed by atoms with Crippen LogP contribution in [-0.4, -0.2) is 42.1 Å². The molecule has 2 saturated heterocycles. The molecule has 0 amide bonds. The zero-order valence-corrected chi connectivity index (χ0v) is 18.0. The molecule has 4 aliphatic carbocycles. The molecule has 5 fully saturated rings. The first-order valence-electron chi connectivity index (χ1n) is 11.4. The molecule has 0 aromatic heterocycles. The Balaban J connectivity index is 1.50. The number of Topliss-reactive ketones (excluding diaryl/α,β-unsaturated/α-hetero) is 1. The largest absolute Gasteiger partial charge is 0.469 e. The Morgan fingerprint density at radius 2 is 1.97 bits per heavy atom. The third kappa shape index (κ3) is 1.94. The molecule has 6 heteroatoms. The molecule has 0 aromatic carbocycles. The van der Waals surface area contributed by atoms with Gasteiger partial charge in [-0.25, -0.2) is 0 Å². The van der Waals surface area contributed by atoms with Crippen LogP contribution < -0.4 is 0 Å². The summed E-state index contributed by atoms with van der Waals surface area (Å²) in [6, 6.07) is 0. The highest BCUT2D eigenvalue weighted by molar-refractivity contribution is 5.84. The number of rotatable bonds is 1. The van der Waals surface area contributed by atoms with Crippen molar-refractivity contribution in [1.82, 2.24) is 0 Å². The summed E-state index contributed by atoms with van der Waals surface area (Å²) in [5, 5.41) is 0. The Bertz CT molecular complexity index is 907. The summed E-state index contributed by atoms with van der Waals surface area (Å²) < 4.78 is 17.9. The predicted octanol–water partition coefficient (Wildman–Crippen LogP) is 3.12. The van der Waals surface area contributed by atoms with Gasteiger partial charge in [-0.1, -0.05) is 25.5 Å². The Labute approximate surface area is 176 Å². The highest BCUT2D eigenvalue weighted by atomic mass is 16.6. The summed E-state index contributed by atoms with van der Waals surface area (Å²) in [5.41, 5.74) is -0.191. The van der Waals surface area contributed by atoms with Crippen molar-refractivity contribution in [3.8, 4) is 0 Å². The molecule has 0 aromatic rings. The summed E-state index contributed by atoms with van der Waals surface area (Å²) in [5.74, 6) is -0.292. The van der Waals surface area contributed by atoms with Crippen molar-refractivity contribution >= 4 is 17.7 Å². The van der Waals surface area contributed by atoms with Crippen LogP contribution >= 0.6 is 0 Å². The molecular weight excluding hydrogens is 384 g/mol. The van der Waals surface area contributed by atoms with Gasteiger partial charge in [0.15, 0.2) is 0 Å². The first-order valence-corrected chi connectivity index (χ1v) is 11.4. The molecule has 2 spiro atoms. The zero-order chi connectivity index (χ0) is 21.1. The summed E-state index contributed by atoms with van der Waals surface area (Å²) in [6.07, 6.45) is 7.74. The highest BCUT2D eigenvalue weighted by Gasteiger charge is 2.83. The van der Waals surface area contributed by atoms with Crippen LogP contribution in [-0.2, 0) is 28.6 Å². The van der Waals surface area contributed by atoms with Gasteiger partial charge in [-0.15, -0.1) is 0 Å². The number of hydrogen-bond donors (Lipinski definition) is 0. The molecule has 8 atom stereocenters. The number of fused-ring (bicyclic) bond motifs is 4. The number of hydrogen-bond acceptors (Lipinski definition) is 6. The van der Waals surface area contributed by atoms with E-state index in [4.69, 9.17) is 14.2 Å². The van der Waals surface area contributed by atoms with Crippen LogP contribution in [0.3, 0.4) is 0 Å². The second-order valence-corrected chi connectivity index (χ2v) is 10.9. The van der Waals surface area contributed by atoms with Gasteiger partial charge in [-0.2, -0.15) is 0 Å². The minimum absolute atomic E-state index is 0.00525. The fraction of sp³-hybridized carbons (Fsp3) is 0.792. The van der Waals surface area contributed by atoms with Crippen molar-refractivity contribution in [3.05, 3.63) is 11.6 Å². The van der Waals surface area contributed by atoms with Crippen LogP contribution in [0.5, 0.6) is 0 Å². The van der Waals surface area contributed by atoms with Crippen LogP contribution in [0.25, 0.3) is 0 Å². The quantitative estimate of drug-likeness (QED) is 0.372. The smallest absolute Gasteiger partial charge is 0.312 e. The number of carbonyl (C=O) groups is 3. The number of methoxy groups -OCH3 is 1. The van der Waals surface area contributed by atoms with Gasteiger partial charge in [0.25, 0.3) is 0 Å². The van der Waals surface area contributed by atoms with Crippen molar-refractivity contribution < 1.29 is 28.6 Å². The lowest BCUT2D eigenvalue weighted by Gasteiger charge is -2.57. The number of ether oxygens (including phenoxy) is 3. The third-order valence-electron chi connectivity index (χ3n) is 10.2. The van der Waals surface area contributed by atoms with Gasteiger partial charge in [0.2, 0.25) is 0 Å². The lowest BCUT2D eigenvalue weighted by atomic mass is 9.44. The molecule has 6 rings (SSSR count). The predicted molar refractivity (Wildman–Crippen MR) is 105 cm³/mol. The summed E-state index contributed by atoms with van der Waals surface area (Å²) in [7, 11) is 1.44. The highest BCUT2D eigenvalue weighted by Crippen LogP contribution is 2.77. The van der Waals surface area contributed by atoms with Crippen molar-refractivity contribution in [2.45, 2.75) is 82.5 Å². The Hall–Kier alpha value is -1.69. The molecule has 6 nitrogen and oxygen atoms in total. The summed E-state index contributed by atoms with van der Waals surface area (Å²) in [6.45, 7) is 4.50. The topological polar surface area (TPSA) is 82.2 Å². The molecular formula is C24H30O6. The van der Waals surface area contributed by atoms with Crippen LogP contribution in [0, 0.1) is 28.6 Å². The van der Waals surface area contributed by atoms with E-state index in [9.17, 15) is 14.4 Å². The summed E-state index contributed by atoms with van der Waals surface area (Å²) >= 11 is 0. The molecule has 3 saturated carbocycles. The van der Waals surface area contributed by atoms with E-state index in [0.29, 0.717) is 19.3 Å². The number of ketones is 1. The first-order chi connectivity index (χ1) is 14.2. The van der Waals surface area contributed by atoms with Gasteiger partial charge in [-0.3, -0.25) is 14.4 Å². The standard InChI is InChI=1S/C24H30O6/c1-21-7-4-14(25)10-13(21)11-15(20(27)28-3)19-16-5-8-23(9-6-18(26)30-23)22(16,2)12-17-24(19,21)29-17/h11,15-17,19H,4-10,12H2,1-3H3/t15-,16?,17?,19?,21+,22+,23?,24-/m1/s1. The molecule has 0 N–H and O–H groups in total. The minimum Gasteiger partial charge on any atom is -0.469 e. The van der Waals surface area contributed by atoms with Crippen LogP contribution in [0.1, 0.15) is 65.2 Å². The zero-order valence-electron chi connectivity index (χ0n) is 18.0. The lowest BCUT2D eigenvalue weighted by molar-refractivity contribution is -0.169. The number of carbonyl (C=O) groups excluding carboxylic acids is 3. The van der Waals surface area contributed by atoms with Gasteiger partial charge in [0.05, 0.1) is 19.1 Å². The van der Waals surface area contributed by atoms with Crippen LogP contribution in [0.15, 0.2) is 11.6 Å². The maximum absolute atomic E-state index is 13.0. The van der Waals surface area contributed by atoms with Crippen molar-refractivity contribution in [2.75, 3.05) is 7.11 Å². The van der Waals surface area contributed by atoms with Gasteiger partial charge in [0, 0.05) is 36.0 Å². The average Bonchev–Trinajstić information content (AvgIpc) is 3.20. The molecule has 162 valence electrons. The van der Waals surface area contributed by atoms with E-state index in [-0.39, 0.29) is 46.5 Å². The van der Waals surface area contributed by atoms with Gasteiger partial charge >= 0.3 is 11.9 Å². The normalized spacial score (nSPS) is 53.2. The second kappa shape index (κ2) is 5.56. The number of esters is 2. The Morgan fingerprint density at radius 1 is 1.17 bits per heavy atom. The van der Waals surface area contributed by atoms with E-state index in [1.165, 1.54) is 7.11 Å². The van der Waals surface area contributed by atoms with Crippen LogP contribution in [0.4, 0.5) is 0 Å². The van der Waals surface area contributed by atoms with E-state index in [2.05, 4.69) is 19.9 Å².